The van der Waals surface area contributed by atoms with Crippen molar-refractivity contribution in [2.75, 3.05) is 5.43 Å². The van der Waals surface area contributed by atoms with Gasteiger partial charge in [0.1, 0.15) is 12.0 Å². The predicted octanol–water partition coefficient (Wildman–Crippen LogP) is 4.26. The van der Waals surface area contributed by atoms with E-state index >= 15 is 0 Å². The molecule has 0 bridgehead atoms. The summed E-state index contributed by atoms with van der Waals surface area (Å²) in [7, 11) is 0. The Morgan fingerprint density at radius 3 is 2.35 bits per heavy atom. The van der Waals surface area contributed by atoms with Gasteiger partial charge < -0.3 is 11.2 Å². The van der Waals surface area contributed by atoms with Crippen LogP contribution < -0.4 is 16.6 Å². The van der Waals surface area contributed by atoms with Crippen molar-refractivity contribution in [1.82, 2.24) is 15.2 Å². The number of rotatable bonds is 12. The van der Waals surface area contributed by atoms with E-state index in [0.717, 1.165) is 17.9 Å². The number of nitrogens with two attached hydrogens (primary N) is 1. The largest absolute Gasteiger partial charge is 0.325 e. The third kappa shape index (κ3) is 5.81. The minimum absolute atomic E-state index is 0.0808. The number of anilines is 1. The zero-order valence-corrected chi connectivity index (χ0v) is 15.0. The lowest BCUT2D eigenvalue weighted by atomic mass is 10.0. The molecule has 2 heterocycles. The second-order valence-electron chi connectivity index (χ2n) is 6.96. The first-order valence-electron chi connectivity index (χ1n) is 9.55. The third-order valence-corrected chi connectivity index (χ3v) is 4.77. The van der Waals surface area contributed by atoms with Crippen molar-refractivity contribution in [3.05, 3.63) is 11.8 Å². The number of hydrogen-bond donors (Lipinski definition) is 3. The predicted molar refractivity (Wildman–Crippen MR) is 97.2 cm³/mol. The molecule has 0 spiro atoms. The van der Waals surface area contributed by atoms with Crippen LogP contribution in [0.25, 0.3) is 0 Å². The van der Waals surface area contributed by atoms with E-state index in [-0.39, 0.29) is 12.2 Å². The van der Waals surface area contributed by atoms with Gasteiger partial charge in [-0.1, -0.05) is 71.1 Å². The van der Waals surface area contributed by atoms with Crippen molar-refractivity contribution in [3.8, 4) is 0 Å². The fourth-order valence-electron chi connectivity index (χ4n) is 3.34. The number of aromatic nitrogens is 2. The number of fused-ring (bicyclic) bond motifs is 1. The van der Waals surface area contributed by atoms with Gasteiger partial charge in [-0.3, -0.25) is 0 Å². The molecule has 5 heteroatoms. The Morgan fingerprint density at radius 2 is 1.70 bits per heavy atom. The van der Waals surface area contributed by atoms with Crippen LogP contribution in [0, 0.1) is 6.92 Å². The molecule has 132 valence electrons. The van der Waals surface area contributed by atoms with Gasteiger partial charge in [-0.25, -0.2) is 10.1 Å². The molecular formula is C18H35N5. The summed E-state index contributed by atoms with van der Waals surface area (Å²) in [6, 6.07) is 2.15. The van der Waals surface area contributed by atoms with E-state index in [4.69, 9.17) is 5.73 Å². The highest BCUT2D eigenvalue weighted by atomic mass is 15.6. The molecule has 1 aliphatic heterocycles. The van der Waals surface area contributed by atoms with Crippen molar-refractivity contribution in [3.63, 3.8) is 0 Å². The number of hydrazine groups is 1. The van der Waals surface area contributed by atoms with E-state index in [1.165, 1.54) is 64.2 Å². The van der Waals surface area contributed by atoms with Crippen LogP contribution >= 0.6 is 0 Å². The van der Waals surface area contributed by atoms with Gasteiger partial charge in [0.05, 0.1) is 5.69 Å². The van der Waals surface area contributed by atoms with E-state index < -0.39 is 0 Å². The van der Waals surface area contributed by atoms with Crippen molar-refractivity contribution in [1.29, 1.82) is 0 Å². The molecule has 1 aliphatic rings. The van der Waals surface area contributed by atoms with Gasteiger partial charge in [-0.05, 0) is 13.3 Å². The highest BCUT2D eigenvalue weighted by Crippen LogP contribution is 2.24. The highest BCUT2D eigenvalue weighted by molar-refractivity contribution is 5.39. The minimum atomic E-state index is 0.0808. The second kappa shape index (κ2) is 9.93. The van der Waals surface area contributed by atoms with Gasteiger partial charge in [-0.15, -0.1) is 0 Å². The number of nitrogens with zero attached hydrogens (tertiary/aromatic N) is 2. The van der Waals surface area contributed by atoms with Crippen molar-refractivity contribution >= 4 is 5.82 Å². The van der Waals surface area contributed by atoms with Crippen LogP contribution in [0.4, 0.5) is 5.82 Å². The van der Waals surface area contributed by atoms with Gasteiger partial charge in [0, 0.05) is 12.1 Å². The van der Waals surface area contributed by atoms with E-state index in [0.29, 0.717) is 0 Å². The Bertz CT molecular complexity index is 443. The van der Waals surface area contributed by atoms with Crippen LogP contribution in [0.1, 0.15) is 89.4 Å². The molecule has 0 saturated carbocycles. The third-order valence-electron chi connectivity index (χ3n) is 4.77. The Balaban J connectivity index is 1.50. The van der Waals surface area contributed by atoms with Gasteiger partial charge in [-0.2, -0.15) is 5.10 Å². The molecule has 0 radical (unpaired) electrons. The van der Waals surface area contributed by atoms with Gasteiger partial charge in [0.25, 0.3) is 0 Å². The molecule has 0 aliphatic carbocycles. The van der Waals surface area contributed by atoms with Crippen LogP contribution in [0.5, 0.6) is 0 Å². The minimum Gasteiger partial charge on any atom is -0.325 e. The SMILES string of the molecule is CCCCCCCCCCCCC(N)C1NNc2cc(C)nn21. The summed E-state index contributed by atoms with van der Waals surface area (Å²) in [5.41, 5.74) is 13.8. The highest BCUT2D eigenvalue weighted by Gasteiger charge is 2.27. The molecule has 1 aromatic rings. The molecule has 0 saturated heterocycles. The summed E-state index contributed by atoms with van der Waals surface area (Å²) in [6.07, 6.45) is 14.8. The van der Waals surface area contributed by atoms with E-state index in [9.17, 15) is 0 Å². The molecule has 4 N–H and O–H groups in total. The molecule has 2 unspecified atom stereocenters. The van der Waals surface area contributed by atoms with Crippen LogP contribution in [0.3, 0.4) is 0 Å². The van der Waals surface area contributed by atoms with E-state index in [2.05, 4.69) is 22.9 Å². The van der Waals surface area contributed by atoms with Crippen LogP contribution in [0.15, 0.2) is 6.07 Å². The molecular weight excluding hydrogens is 286 g/mol. The second-order valence-corrected chi connectivity index (χ2v) is 6.96. The Hall–Kier alpha value is -1.07. The summed E-state index contributed by atoms with van der Waals surface area (Å²) in [4.78, 5) is 0. The normalized spacial score (nSPS) is 18.0. The van der Waals surface area contributed by atoms with Crippen LogP contribution in [0.2, 0.25) is 0 Å². The lowest BCUT2D eigenvalue weighted by molar-refractivity contribution is 0.341. The van der Waals surface area contributed by atoms with Gasteiger partial charge >= 0.3 is 0 Å². The Morgan fingerprint density at radius 1 is 1.09 bits per heavy atom. The molecule has 2 rings (SSSR count). The van der Waals surface area contributed by atoms with E-state index in [1.807, 2.05) is 17.7 Å². The average Bonchev–Trinajstić information content (AvgIpc) is 3.07. The summed E-state index contributed by atoms with van der Waals surface area (Å²) < 4.78 is 1.98. The summed E-state index contributed by atoms with van der Waals surface area (Å²) in [5, 5.41) is 4.50. The first-order valence-corrected chi connectivity index (χ1v) is 9.55. The molecule has 1 aromatic heterocycles. The number of hydrogen-bond acceptors (Lipinski definition) is 4. The van der Waals surface area contributed by atoms with Crippen molar-refractivity contribution in [2.24, 2.45) is 5.73 Å². The maximum atomic E-state index is 6.35. The summed E-state index contributed by atoms with van der Waals surface area (Å²) in [5.74, 6) is 1.02. The first kappa shape index (κ1) is 18.3. The molecule has 0 amide bonds. The monoisotopic (exact) mass is 321 g/mol. The van der Waals surface area contributed by atoms with E-state index in [1.54, 1.807) is 0 Å². The lowest BCUT2D eigenvalue weighted by Gasteiger charge is -2.19. The lowest BCUT2D eigenvalue weighted by Crippen LogP contribution is -2.39. The van der Waals surface area contributed by atoms with Crippen LogP contribution in [-0.4, -0.2) is 15.8 Å². The Kier molecular flexibility index (Phi) is 7.89. The number of nitrogens with one attached hydrogen (secondary N) is 2. The fourth-order valence-corrected chi connectivity index (χ4v) is 3.34. The summed E-state index contributed by atoms with van der Waals surface area (Å²) in [6.45, 7) is 4.29. The smallest absolute Gasteiger partial charge is 0.140 e. The number of unbranched alkanes of at least 4 members (excludes halogenated alkanes) is 9. The van der Waals surface area contributed by atoms with Crippen molar-refractivity contribution in [2.45, 2.75) is 96.7 Å². The molecule has 0 aromatic carbocycles. The molecule has 5 nitrogen and oxygen atoms in total. The van der Waals surface area contributed by atoms with Crippen molar-refractivity contribution < 1.29 is 0 Å². The topological polar surface area (TPSA) is 67.9 Å². The number of aryl methyl sites for hydroxylation is 1. The molecule has 2 atom stereocenters. The first-order chi connectivity index (χ1) is 11.2. The Labute approximate surface area is 141 Å². The van der Waals surface area contributed by atoms with Gasteiger partial charge in [0.15, 0.2) is 0 Å². The average molecular weight is 322 g/mol. The van der Waals surface area contributed by atoms with Gasteiger partial charge in [0.2, 0.25) is 0 Å². The standard InChI is InChI=1S/C18H35N5/c1-3-4-5-6-7-8-9-10-11-12-13-16(19)18-21-20-17-14-15(2)22-23(17)18/h14,16,18,20-21H,3-13,19H2,1-2H3. The molecule has 0 fully saturated rings. The zero-order valence-electron chi connectivity index (χ0n) is 15.0. The molecule has 23 heavy (non-hydrogen) atoms. The maximum Gasteiger partial charge on any atom is 0.140 e. The zero-order chi connectivity index (χ0) is 16.5. The maximum absolute atomic E-state index is 6.35. The fraction of sp³-hybridized carbons (Fsp3) is 0.833. The quantitative estimate of drug-likeness (QED) is 0.503. The summed E-state index contributed by atoms with van der Waals surface area (Å²) >= 11 is 0. The van der Waals surface area contributed by atoms with Crippen LogP contribution in [-0.2, 0) is 0 Å².